The summed E-state index contributed by atoms with van der Waals surface area (Å²) in [4.78, 5) is 24.0. The monoisotopic (exact) mass is 328 g/mol. The minimum absolute atomic E-state index is 0.177. The number of aryl methyl sites for hydroxylation is 1. The van der Waals surface area contributed by atoms with Crippen LogP contribution >= 0.6 is 0 Å². The molecule has 0 unspecified atom stereocenters. The van der Waals surface area contributed by atoms with Crippen molar-refractivity contribution in [2.45, 2.75) is 6.92 Å². The molecule has 0 aliphatic heterocycles. The maximum atomic E-state index is 12.5. The van der Waals surface area contributed by atoms with E-state index >= 15 is 0 Å². The number of amides is 2. The van der Waals surface area contributed by atoms with Crippen LogP contribution in [0.2, 0.25) is 0 Å². The number of rotatable bonds is 5. The van der Waals surface area contributed by atoms with Crippen LogP contribution in [-0.4, -0.2) is 33.1 Å². The quantitative estimate of drug-likeness (QED) is 0.884. The number of ether oxygens (including phenoxy) is 2. The number of hydrogen-bond acceptors (Lipinski definition) is 4. The van der Waals surface area contributed by atoms with Gasteiger partial charge in [-0.3, -0.25) is 9.59 Å². The third-order valence-corrected chi connectivity index (χ3v) is 3.61. The average Bonchev–Trinajstić information content (AvgIpc) is 2.61. The summed E-state index contributed by atoms with van der Waals surface area (Å²) in [6.07, 6.45) is 0. The van der Waals surface area contributed by atoms with Gasteiger partial charge in [-0.1, -0.05) is 0 Å². The first-order chi connectivity index (χ1) is 11.5. The van der Waals surface area contributed by atoms with Crippen molar-refractivity contribution in [1.82, 2.24) is 5.32 Å². The Morgan fingerprint density at radius 1 is 0.917 bits per heavy atom. The van der Waals surface area contributed by atoms with Crippen LogP contribution in [0.4, 0.5) is 5.69 Å². The van der Waals surface area contributed by atoms with Gasteiger partial charge < -0.3 is 20.1 Å². The average molecular weight is 328 g/mol. The van der Waals surface area contributed by atoms with Gasteiger partial charge in [-0.25, -0.2) is 0 Å². The maximum Gasteiger partial charge on any atom is 0.256 e. The van der Waals surface area contributed by atoms with E-state index in [2.05, 4.69) is 10.6 Å². The molecule has 0 bridgehead atoms. The lowest BCUT2D eigenvalue weighted by atomic mass is 10.1. The van der Waals surface area contributed by atoms with Crippen LogP contribution in [0, 0.1) is 6.92 Å². The number of methoxy groups -OCH3 is 2. The second-order valence-electron chi connectivity index (χ2n) is 5.13. The fraction of sp³-hybridized carbons (Fsp3) is 0.222. The van der Waals surface area contributed by atoms with Crippen molar-refractivity contribution in [3.63, 3.8) is 0 Å². The Morgan fingerprint density at radius 3 is 2.04 bits per heavy atom. The number of carbonyl (C=O) groups excluding carboxylic acids is 2. The van der Waals surface area contributed by atoms with Gasteiger partial charge in [0.2, 0.25) is 0 Å². The summed E-state index contributed by atoms with van der Waals surface area (Å²) in [5, 5.41) is 5.35. The first-order valence-electron chi connectivity index (χ1n) is 7.36. The molecule has 2 amide bonds. The zero-order valence-corrected chi connectivity index (χ0v) is 14.1. The smallest absolute Gasteiger partial charge is 0.256 e. The fourth-order valence-corrected chi connectivity index (χ4v) is 2.27. The highest BCUT2D eigenvalue weighted by atomic mass is 16.5. The molecule has 0 aliphatic rings. The normalized spacial score (nSPS) is 10.0. The largest absolute Gasteiger partial charge is 0.493 e. The predicted molar refractivity (Wildman–Crippen MR) is 92.1 cm³/mol. The van der Waals surface area contributed by atoms with E-state index in [0.29, 0.717) is 28.3 Å². The Balaban J connectivity index is 2.22. The standard InChI is InChI=1S/C18H20N2O4/c1-11-9-15(23-3)16(24-4)10-14(11)18(22)20-13-7-5-12(6-8-13)17(21)19-2/h5-10H,1-4H3,(H,19,21)(H,20,22). The second-order valence-corrected chi connectivity index (χ2v) is 5.13. The molecule has 6 heteroatoms. The fourth-order valence-electron chi connectivity index (χ4n) is 2.27. The number of nitrogens with one attached hydrogen (secondary N) is 2. The van der Waals surface area contributed by atoms with Gasteiger partial charge in [-0.15, -0.1) is 0 Å². The lowest BCUT2D eigenvalue weighted by Crippen LogP contribution is -2.18. The van der Waals surface area contributed by atoms with Gasteiger partial charge in [-0.05, 0) is 48.9 Å². The van der Waals surface area contributed by atoms with Crippen molar-refractivity contribution < 1.29 is 19.1 Å². The summed E-state index contributed by atoms with van der Waals surface area (Å²) in [5.74, 6) is 0.620. The van der Waals surface area contributed by atoms with Crippen molar-refractivity contribution in [3.8, 4) is 11.5 Å². The molecule has 2 aromatic rings. The Kier molecular flexibility index (Phi) is 5.42. The van der Waals surface area contributed by atoms with Gasteiger partial charge in [0.15, 0.2) is 11.5 Å². The highest BCUT2D eigenvalue weighted by Gasteiger charge is 2.15. The summed E-state index contributed by atoms with van der Waals surface area (Å²) in [5.41, 5.74) is 2.38. The van der Waals surface area contributed by atoms with E-state index in [9.17, 15) is 9.59 Å². The number of benzene rings is 2. The molecule has 0 atom stereocenters. The van der Waals surface area contributed by atoms with Crippen molar-refractivity contribution >= 4 is 17.5 Å². The Bertz CT molecular complexity index is 754. The Morgan fingerprint density at radius 2 is 1.50 bits per heavy atom. The van der Waals surface area contributed by atoms with Crippen LogP contribution in [0.3, 0.4) is 0 Å². The number of anilines is 1. The van der Waals surface area contributed by atoms with Crippen LogP contribution in [-0.2, 0) is 0 Å². The Labute approximate surface area is 140 Å². The van der Waals surface area contributed by atoms with Gasteiger partial charge in [0, 0.05) is 23.9 Å². The maximum absolute atomic E-state index is 12.5. The molecule has 2 N–H and O–H groups in total. The van der Waals surface area contributed by atoms with E-state index in [-0.39, 0.29) is 11.8 Å². The van der Waals surface area contributed by atoms with Crippen molar-refractivity contribution in [3.05, 3.63) is 53.1 Å². The van der Waals surface area contributed by atoms with Crippen LogP contribution in [0.5, 0.6) is 11.5 Å². The molecule has 126 valence electrons. The van der Waals surface area contributed by atoms with E-state index in [1.165, 1.54) is 7.11 Å². The lowest BCUT2D eigenvalue weighted by molar-refractivity contribution is 0.0962. The van der Waals surface area contributed by atoms with Gasteiger partial charge in [-0.2, -0.15) is 0 Å². The van der Waals surface area contributed by atoms with E-state index in [4.69, 9.17) is 9.47 Å². The summed E-state index contributed by atoms with van der Waals surface area (Å²) < 4.78 is 10.5. The van der Waals surface area contributed by atoms with E-state index in [1.807, 2.05) is 6.92 Å². The van der Waals surface area contributed by atoms with Gasteiger partial charge in [0.1, 0.15) is 0 Å². The van der Waals surface area contributed by atoms with E-state index in [1.54, 1.807) is 50.6 Å². The van der Waals surface area contributed by atoms with Crippen molar-refractivity contribution in [2.24, 2.45) is 0 Å². The molecule has 24 heavy (non-hydrogen) atoms. The molecule has 6 nitrogen and oxygen atoms in total. The molecule has 2 rings (SSSR count). The molecule has 0 aromatic heterocycles. The minimum Gasteiger partial charge on any atom is -0.493 e. The molecule has 0 radical (unpaired) electrons. The molecular weight excluding hydrogens is 308 g/mol. The number of hydrogen-bond donors (Lipinski definition) is 2. The first kappa shape index (κ1) is 17.3. The molecule has 0 saturated carbocycles. The Hall–Kier alpha value is -3.02. The number of carbonyl (C=O) groups is 2. The van der Waals surface area contributed by atoms with Crippen LogP contribution in [0.25, 0.3) is 0 Å². The zero-order chi connectivity index (χ0) is 17.7. The molecule has 0 heterocycles. The van der Waals surface area contributed by atoms with Gasteiger partial charge >= 0.3 is 0 Å². The first-order valence-corrected chi connectivity index (χ1v) is 7.36. The lowest BCUT2D eigenvalue weighted by Gasteiger charge is -2.13. The topological polar surface area (TPSA) is 76.7 Å². The van der Waals surface area contributed by atoms with Crippen molar-refractivity contribution in [2.75, 3.05) is 26.6 Å². The molecule has 0 aliphatic carbocycles. The summed E-state index contributed by atoms with van der Waals surface area (Å²) in [6.45, 7) is 1.82. The highest BCUT2D eigenvalue weighted by Crippen LogP contribution is 2.30. The van der Waals surface area contributed by atoms with Crippen LogP contribution in [0.15, 0.2) is 36.4 Å². The summed E-state index contributed by atoms with van der Waals surface area (Å²) in [6, 6.07) is 10.0. The van der Waals surface area contributed by atoms with Gasteiger partial charge in [0.05, 0.1) is 14.2 Å². The van der Waals surface area contributed by atoms with E-state index in [0.717, 1.165) is 5.56 Å². The van der Waals surface area contributed by atoms with Crippen molar-refractivity contribution in [1.29, 1.82) is 0 Å². The minimum atomic E-state index is -0.263. The summed E-state index contributed by atoms with van der Waals surface area (Å²) >= 11 is 0. The van der Waals surface area contributed by atoms with Crippen LogP contribution in [0.1, 0.15) is 26.3 Å². The SMILES string of the molecule is CNC(=O)c1ccc(NC(=O)c2cc(OC)c(OC)cc2C)cc1. The zero-order valence-electron chi connectivity index (χ0n) is 14.1. The van der Waals surface area contributed by atoms with Crippen LogP contribution < -0.4 is 20.1 Å². The van der Waals surface area contributed by atoms with E-state index < -0.39 is 0 Å². The third kappa shape index (κ3) is 3.65. The van der Waals surface area contributed by atoms with Gasteiger partial charge in [0.25, 0.3) is 11.8 Å². The predicted octanol–water partition coefficient (Wildman–Crippen LogP) is 2.62. The molecular formula is C18H20N2O4. The summed E-state index contributed by atoms with van der Waals surface area (Å²) in [7, 11) is 4.63. The molecule has 2 aromatic carbocycles. The molecule has 0 fully saturated rings. The third-order valence-electron chi connectivity index (χ3n) is 3.61. The molecule has 0 spiro atoms. The highest BCUT2D eigenvalue weighted by molar-refractivity contribution is 6.06. The second kappa shape index (κ2) is 7.50. The molecule has 0 saturated heterocycles.